The lowest BCUT2D eigenvalue weighted by Crippen LogP contribution is -2.40. The maximum Gasteiger partial charge on any atom is 0.161 e. The van der Waals surface area contributed by atoms with Gasteiger partial charge in [-0.3, -0.25) is 4.79 Å². The molecular weight excluding hydrogens is 140 g/mol. The van der Waals surface area contributed by atoms with Gasteiger partial charge >= 0.3 is 0 Å². The highest BCUT2D eigenvalue weighted by atomic mass is 16.3. The first kappa shape index (κ1) is 10.6. The van der Waals surface area contributed by atoms with Gasteiger partial charge < -0.3 is 5.11 Å². The van der Waals surface area contributed by atoms with Crippen LogP contribution in [0.4, 0.5) is 0 Å². The van der Waals surface area contributed by atoms with E-state index in [1.807, 2.05) is 13.8 Å². The fraction of sp³-hybridized carbons (Fsp3) is 0.889. The van der Waals surface area contributed by atoms with E-state index < -0.39 is 5.60 Å². The predicted molar refractivity (Wildman–Crippen MR) is 45.4 cm³/mol. The molecule has 0 aliphatic carbocycles. The molecule has 0 rings (SSSR count). The maximum atomic E-state index is 10.9. The maximum absolute atomic E-state index is 10.9. The van der Waals surface area contributed by atoms with E-state index >= 15 is 0 Å². The molecule has 0 radical (unpaired) electrons. The molecule has 2 heteroatoms. The van der Waals surface area contributed by atoms with E-state index in [-0.39, 0.29) is 11.7 Å². The van der Waals surface area contributed by atoms with Crippen LogP contribution in [0.2, 0.25) is 0 Å². The lowest BCUT2D eigenvalue weighted by molar-refractivity contribution is -0.138. The van der Waals surface area contributed by atoms with Crippen LogP contribution in [0, 0.1) is 5.92 Å². The zero-order chi connectivity index (χ0) is 9.07. The minimum Gasteiger partial charge on any atom is -0.382 e. The fourth-order valence-electron chi connectivity index (χ4n) is 1.06. The molecule has 0 aliphatic rings. The third kappa shape index (κ3) is 2.62. The summed E-state index contributed by atoms with van der Waals surface area (Å²) in [6, 6.07) is 0. The number of carbonyl (C=O) groups excluding carboxylic acids is 1. The highest BCUT2D eigenvalue weighted by Crippen LogP contribution is 2.22. The average Bonchev–Trinajstić information content (AvgIpc) is 1.88. The Morgan fingerprint density at radius 3 is 2.36 bits per heavy atom. The van der Waals surface area contributed by atoms with E-state index in [0.717, 1.165) is 12.8 Å². The smallest absolute Gasteiger partial charge is 0.161 e. The number of hydrogen-bond acceptors (Lipinski definition) is 2. The Balaban J connectivity index is 4.17. The number of rotatable bonds is 4. The van der Waals surface area contributed by atoms with Gasteiger partial charge in [0.05, 0.1) is 0 Å². The highest BCUT2D eigenvalue weighted by Gasteiger charge is 2.32. The molecule has 0 bridgehead atoms. The van der Waals surface area contributed by atoms with Crippen molar-refractivity contribution in [3.63, 3.8) is 0 Å². The lowest BCUT2D eigenvalue weighted by Gasteiger charge is -2.27. The molecule has 2 nitrogen and oxygen atoms in total. The van der Waals surface area contributed by atoms with Crippen LogP contribution in [0.1, 0.15) is 40.5 Å². The second kappa shape index (κ2) is 3.86. The standard InChI is InChI=1S/C9H18O2/c1-5-6-7(2)9(4,11)8(3)10/h7,11H,5-6H2,1-4H3. The van der Waals surface area contributed by atoms with Gasteiger partial charge in [0, 0.05) is 0 Å². The van der Waals surface area contributed by atoms with Crippen LogP contribution in [-0.2, 0) is 4.79 Å². The van der Waals surface area contributed by atoms with Gasteiger partial charge in [-0.05, 0) is 26.2 Å². The summed E-state index contributed by atoms with van der Waals surface area (Å²) in [6.45, 7) is 6.99. The van der Waals surface area contributed by atoms with Crippen LogP contribution >= 0.6 is 0 Å². The zero-order valence-electron chi connectivity index (χ0n) is 7.85. The van der Waals surface area contributed by atoms with Gasteiger partial charge in [0.15, 0.2) is 5.78 Å². The molecule has 0 heterocycles. The van der Waals surface area contributed by atoms with Crippen LogP contribution in [0.15, 0.2) is 0 Å². The zero-order valence-corrected chi connectivity index (χ0v) is 7.85. The van der Waals surface area contributed by atoms with E-state index in [2.05, 4.69) is 0 Å². The number of ketones is 1. The number of Topliss-reactive ketones (excluding diaryl/α,β-unsaturated/α-hetero) is 1. The van der Waals surface area contributed by atoms with E-state index in [1.165, 1.54) is 6.92 Å². The van der Waals surface area contributed by atoms with Crippen molar-refractivity contribution in [3.05, 3.63) is 0 Å². The summed E-state index contributed by atoms with van der Waals surface area (Å²) in [4.78, 5) is 10.9. The summed E-state index contributed by atoms with van der Waals surface area (Å²) in [5.74, 6) is -0.0801. The van der Waals surface area contributed by atoms with Gasteiger partial charge in [-0.1, -0.05) is 20.3 Å². The summed E-state index contributed by atoms with van der Waals surface area (Å²) >= 11 is 0. The first-order valence-corrected chi connectivity index (χ1v) is 4.16. The van der Waals surface area contributed by atoms with Crippen molar-refractivity contribution in [3.8, 4) is 0 Å². The van der Waals surface area contributed by atoms with Crippen molar-refractivity contribution < 1.29 is 9.90 Å². The largest absolute Gasteiger partial charge is 0.382 e. The topological polar surface area (TPSA) is 37.3 Å². The molecule has 0 aromatic carbocycles. The van der Waals surface area contributed by atoms with Crippen LogP contribution < -0.4 is 0 Å². The number of hydrogen-bond donors (Lipinski definition) is 1. The average molecular weight is 158 g/mol. The Hall–Kier alpha value is -0.370. The highest BCUT2D eigenvalue weighted by molar-refractivity contribution is 5.84. The molecule has 0 aromatic rings. The van der Waals surface area contributed by atoms with Crippen molar-refractivity contribution in [2.75, 3.05) is 0 Å². The molecule has 0 fully saturated rings. The lowest BCUT2D eigenvalue weighted by atomic mass is 9.84. The fourth-order valence-corrected chi connectivity index (χ4v) is 1.06. The second-order valence-corrected chi connectivity index (χ2v) is 3.39. The van der Waals surface area contributed by atoms with Gasteiger partial charge in [0.25, 0.3) is 0 Å². The van der Waals surface area contributed by atoms with Crippen molar-refractivity contribution in [1.82, 2.24) is 0 Å². The number of carbonyl (C=O) groups is 1. The molecular formula is C9H18O2. The third-order valence-corrected chi connectivity index (χ3v) is 2.39. The molecule has 0 saturated carbocycles. The van der Waals surface area contributed by atoms with Gasteiger partial charge in [-0.2, -0.15) is 0 Å². The Kier molecular flexibility index (Phi) is 3.73. The molecule has 0 aromatic heterocycles. The van der Waals surface area contributed by atoms with Crippen LogP contribution in [0.5, 0.6) is 0 Å². The minimum atomic E-state index is -1.13. The Labute approximate surface area is 68.6 Å². The van der Waals surface area contributed by atoms with Gasteiger partial charge in [0.1, 0.15) is 5.60 Å². The molecule has 66 valence electrons. The number of aliphatic hydroxyl groups is 1. The molecule has 2 unspecified atom stereocenters. The molecule has 0 spiro atoms. The van der Waals surface area contributed by atoms with Crippen molar-refractivity contribution in [1.29, 1.82) is 0 Å². The quantitative estimate of drug-likeness (QED) is 0.677. The Bertz CT molecular complexity index is 138. The summed E-state index contributed by atoms with van der Waals surface area (Å²) in [6.07, 6.45) is 1.90. The summed E-state index contributed by atoms with van der Waals surface area (Å²) in [5, 5.41) is 9.64. The van der Waals surface area contributed by atoms with E-state index in [4.69, 9.17) is 0 Å². The first-order chi connectivity index (χ1) is 4.92. The first-order valence-electron chi connectivity index (χ1n) is 4.16. The molecule has 1 N–H and O–H groups in total. The summed E-state index contributed by atoms with van der Waals surface area (Å²) in [7, 11) is 0. The van der Waals surface area contributed by atoms with Crippen LogP contribution in [0.25, 0.3) is 0 Å². The molecule has 0 aliphatic heterocycles. The Morgan fingerprint density at radius 2 is 2.09 bits per heavy atom. The van der Waals surface area contributed by atoms with Crippen LogP contribution in [-0.4, -0.2) is 16.5 Å². The molecule has 11 heavy (non-hydrogen) atoms. The monoisotopic (exact) mass is 158 g/mol. The van der Waals surface area contributed by atoms with Crippen molar-refractivity contribution >= 4 is 5.78 Å². The van der Waals surface area contributed by atoms with Gasteiger partial charge in [0.2, 0.25) is 0 Å². The summed E-state index contributed by atoms with van der Waals surface area (Å²) in [5.41, 5.74) is -1.13. The predicted octanol–water partition coefficient (Wildman–Crippen LogP) is 1.76. The van der Waals surface area contributed by atoms with Crippen molar-refractivity contribution in [2.24, 2.45) is 5.92 Å². The van der Waals surface area contributed by atoms with E-state index in [9.17, 15) is 9.90 Å². The summed E-state index contributed by atoms with van der Waals surface area (Å²) < 4.78 is 0. The van der Waals surface area contributed by atoms with E-state index in [1.54, 1.807) is 6.92 Å². The van der Waals surface area contributed by atoms with Crippen molar-refractivity contribution in [2.45, 2.75) is 46.1 Å². The molecule has 0 saturated heterocycles. The van der Waals surface area contributed by atoms with E-state index in [0.29, 0.717) is 0 Å². The molecule has 2 atom stereocenters. The third-order valence-electron chi connectivity index (χ3n) is 2.39. The normalized spacial score (nSPS) is 19.0. The van der Waals surface area contributed by atoms with Crippen LogP contribution in [0.3, 0.4) is 0 Å². The van der Waals surface area contributed by atoms with Gasteiger partial charge in [-0.15, -0.1) is 0 Å². The molecule has 0 amide bonds. The SMILES string of the molecule is CCCC(C)C(C)(O)C(C)=O. The second-order valence-electron chi connectivity index (χ2n) is 3.39. The minimum absolute atomic E-state index is 0.0602. The van der Waals surface area contributed by atoms with Gasteiger partial charge in [-0.25, -0.2) is 0 Å². The Morgan fingerprint density at radius 1 is 1.64 bits per heavy atom.